The zero-order valence-electron chi connectivity index (χ0n) is 11.7. The molecule has 0 atom stereocenters. The van der Waals surface area contributed by atoms with E-state index in [1.54, 1.807) is 23.1 Å². The molecule has 1 aromatic carbocycles. The van der Waals surface area contributed by atoms with Gasteiger partial charge in [0.2, 0.25) is 0 Å². The first-order chi connectivity index (χ1) is 9.63. The minimum Gasteiger partial charge on any atom is -0.312 e. The van der Waals surface area contributed by atoms with Crippen molar-refractivity contribution in [1.82, 2.24) is 10.3 Å². The number of aromatic nitrogens is 1. The Morgan fingerprint density at radius 3 is 3.00 bits per heavy atom. The van der Waals surface area contributed by atoms with Crippen molar-refractivity contribution in [2.45, 2.75) is 31.0 Å². The molecule has 0 aliphatic carbocycles. The van der Waals surface area contributed by atoms with Crippen molar-refractivity contribution in [3.63, 3.8) is 0 Å². The van der Waals surface area contributed by atoms with Crippen LogP contribution in [0.4, 0.5) is 0 Å². The molecule has 0 radical (unpaired) electrons. The van der Waals surface area contributed by atoms with Gasteiger partial charge in [-0.15, -0.1) is 23.1 Å². The molecule has 108 valence electrons. The van der Waals surface area contributed by atoms with E-state index in [0.29, 0.717) is 5.92 Å². The number of thiazole rings is 1. The third-order valence-electron chi connectivity index (χ3n) is 2.61. The smallest absolute Gasteiger partial charge is 0.103 e. The highest BCUT2D eigenvalue weighted by Gasteiger charge is 2.04. The lowest BCUT2D eigenvalue weighted by Gasteiger charge is -2.04. The fraction of sp³-hybridized carbons (Fsp3) is 0.400. The first-order valence-corrected chi connectivity index (χ1v) is 8.84. The summed E-state index contributed by atoms with van der Waals surface area (Å²) in [6, 6.07) is 7.95. The second kappa shape index (κ2) is 8.03. The van der Waals surface area contributed by atoms with Gasteiger partial charge in [-0.25, -0.2) is 4.98 Å². The van der Waals surface area contributed by atoms with Gasteiger partial charge in [0.25, 0.3) is 0 Å². The fourth-order valence-electron chi connectivity index (χ4n) is 1.68. The lowest BCUT2D eigenvalue weighted by molar-refractivity contribution is 0.554. The molecule has 0 aliphatic heterocycles. The molecule has 0 bridgehead atoms. The van der Waals surface area contributed by atoms with Crippen molar-refractivity contribution < 1.29 is 0 Å². The normalized spacial score (nSPS) is 11.2. The van der Waals surface area contributed by atoms with Crippen LogP contribution in [0.1, 0.15) is 23.7 Å². The van der Waals surface area contributed by atoms with Gasteiger partial charge >= 0.3 is 0 Å². The Morgan fingerprint density at radius 1 is 1.40 bits per heavy atom. The second-order valence-corrected chi connectivity index (χ2v) is 7.68. The number of hydrogen-bond donors (Lipinski definition) is 1. The van der Waals surface area contributed by atoms with Crippen molar-refractivity contribution in [2.24, 2.45) is 5.92 Å². The third kappa shape index (κ3) is 5.44. The number of thioether (sulfide) groups is 1. The highest BCUT2D eigenvalue weighted by atomic mass is 35.5. The molecule has 0 spiro atoms. The second-order valence-electron chi connectivity index (χ2n) is 4.99. The maximum atomic E-state index is 5.98. The Labute approximate surface area is 134 Å². The van der Waals surface area contributed by atoms with Gasteiger partial charge in [-0.05, 0) is 30.7 Å². The van der Waals surface area contributed by atoms with Crippen LogP contribution in [0, 0.1) is 5.92 Å². The van der Waals surface area contributed by atoms with Crippen molar-refractivity contribution >= 4 is 34.7 Å². The fourth-order valence-corrected chi connectivity index (χ4v) is 3.79. The molecule has 2 aromatic rings. The maximum Gasteiger partial charge on any atom is 0.103 e. The molecule has 0 fully saturated rings. The number of rotatable bonds is 7. The zero-order valence-corrected chi connectivity index (χ0v) is 14.1. The monoisotopic (exact) mass is 326 g/mol. The van der Waals surface area contributed by atoms with Crippen LogP contribution in [-0.2, 0) is 12.3 Å². The van der Waals surface area contributed by atoms with Gasteiger partial charge in [0, 0.05) is 27.5 Å². The highest BCUT2D eigenvalue weighted by molar-refractivity contribution is 7.98. The summed E-state index contributed by atoms with van der Waals surface area (Å²) >= 11 is 9.53. The van der Waals surface area contributed by atoms with E-state index in [1.807, 2.05) is 24.4 Å². The molecular weight excluding hydrogens is 308 g/mol. The van der Waals surface area contributed by atoms with Crippen molar-refractivity contribution in [1.29, 1.82) is 0 Å². The van der Waals surface area contributed by atoms with Crippen LogP contribution >= 0.6 is 34.7 Å². The Kier molecular flexibility index (Phi) is 6.36. The molecule has 1 aromatic heterocycles. The van der Waals surface area contributed by atoms with E-state index in [2.05, 4.69) is 30.2 Å². The maximum absolute atomic E-state index is 5.98. The number of nitrogens with zero attached hydrogens (tertiary/aromatic N) is 1. The predicted molar refractivity (Wildman–Crippen MR) is 89.7 cm³/mol. The molecule has 20 heavy (non-hydrogen) atoms. The first-order valence-electron chi connectivity index (χ1n) is 6.66. The molecule has 1 N–H and O–H groups in total. The lowest BCUT2D eigenvalue weighted by Crippen LogP contribution is -2.18. The Balaban J connectivity index is 1.80. The van der Waals surface area contributed by atoms with Gasteiger partial charge in [-0.3, -0.25) is 0 Å². The first kappa shape index (κ1) is 15.8. The molecule has 0 saturated heterocycles. The molecule has 5 heteroatoms. The average molecular weight is 327 g/mol. The molecule has 0 unspecified atom stereocenters. The third-order valence-corrected chi connectivity index (χ3v) is 5.03. The summed E-state index contributed by atoms with van der Waals surface area (Å²) < 4.78 is 0. The molecule has 2 nitrogen and oxygen atoms in total. The van der Waals surface area contributed by atoms with E-state index in [1.165, 1.54) is 9.77 Å². The van der Waals surface area contributed by atoms with Crippen LogP contribution in [-0.4, -0.2) is 11.5 Å². The molecule has 1 heterocycles. The summed E-state index contributed by atoms with van der Waals surface area (Å²) in [4.78, 5) is 6.96. The molecule has 0 aliphatic rings. The number of hydrogen-bond acceptors (Lipinski definition) is 4. The van der Waals surface area contributed by atoms with Gasteiger partial charge in [0.1, 0.15) is 5.01 Å². The minimum absolute atomic E-state index is 0.681. The molecule has 2 rings (SSSR count). The van der Waals surface area contributed by atoms with Gasteiger partial charge in [0.15, 0.2) is 0 Å². The van der Waals surface area contributed by atoms with Gasteiger partial charge in [0.05, 0.1) is 5.75 Å². The van der Waals surface area contributed by atoms with Crippen LogP contribution in [0.3, 0.4) is 0 Å². The molecule has 0 amide bonds. The Morgan fingerprint density at radius 2 is 2.25 bits per heavy atom. The topological polar surface area (TPSA) is 24.9 Å². The van der Waals surface area contributed by atoms with Gasteiger partial charge in [-0.1, -0.05) is 31.5 Å². The van der Waals surface area contributed by atoms with Crippen LogP contribution < -0.4 is 5.32 Å². The lowest BCUT2D eigenvalue weighted by atomic mass is 10.2. The standard InChI is InChI=1S/C15H19ClN2S2/c1-11(2)7-17-8-14-9-18-15(20-14)10-19-13-5-3-4-12(16)6-13/h3-6,9,11,17H,7-8,10H2,1-2H3. The minimum atomic E-state index is 0.681. The van der Waals surface area contributed by atoms with E-state index in [0.717, 1.165) is 28.9 Å². The van der Waals surface area contributed by atoms with Gasteiger partial charge < -0.3 is 5.32 Å². The number of nitrogens with one attached hydrogen (secondary N) is 1. The quantitative estimate of drug-likeness (QED) is 0.737. The van der Waals surface area contributed by atoms with Crippen LogP contribution in [0.25, 0.3) is 0 Å². The predicted octanol–water partition coefficient (Wildman–Crippen LogP) is 4.83. The Hall–Kier alpha value is -0.550. The SMILES string of the molecule is CC(C)CNCc1cnc(CSc2cccc(Cl)c2)s1. The summed E-state index contributed by atoms with van der Waals surface area (Å²) in [5.41, 5.74) is 0. The van der Waals surface area contributed by atoms with Crippen LogP contribution in [0.2, 0.25) is 5.02 Å². The van der Waals surface area contributed by atoms with Crippen LogP contribution in [0.5, 0.6) is 0 Å². The number of benzene rings is 1. The largest absolute Gasteiger partial charge is 0.312 e. The summed E-state index contributed by atoms with van der Waals surface area (Å²) in [6.45, 7) is 6.39. The van der Waals surface area contributed by atoms with E-state index in [-0.39, 0.29) is 0 Å². The highest BCUT2D eigenvalue weighted by Crippen LogP contribution is 2.26. The zero-order chi connectivity index (χ0) is 14.4. The Bertz CT molecular complexity index is 540. The van der Waals surface area contributed by atoms with E-state index in [4.69, 9.17) is 11.6 Å². The molecule has 0 saturated carbocycles. The average Bonchev–Trinajstić information content (AvgIpc) is 2.84. The summed E-state index contributed by atoms with van der Waals surface area (Å²) in [6.07, 6.45) is 1.98. The van der Waals surface area contributed by atoms with E-state index < -0.39 is 0 Å². The molecular formula is C15H19ClN2S2. The van der Waals surface area contributed by atoms with E-state index >= 15 is 0 Å². The van der Waals surface area contributed by atoms with Crippen molar-refractivity contribution in [3.05, 3.63) is 45.4 Å². The van der Waals surface area contributed by atoms with Crippen molar-refractivity contribution in [3.8, 4) is 0 Å². The van der Waals surface area contributed by atoms with Crippen molar-refractivity contribution in [2.75, 3.05) is 6.54 Å². The van der Waals surface area contributed by atoms with Gasteiger partial charge in [-0.2, -0.15) is 0 Å². The van der Waals surface area contributed by atoms with Crippen LogP contribution in [0.15, 0.2) is 35.4 Å². The summed E-state index contributed by atoms with van der Waals surface area (Å²) in [7, 11) is 0. The number of halogens is 1. The van der Waals surface area contributed by atoms with E-state index in [9.17, 15) is 0 Å². The summed E-state index contributed by atoms with van der Waals surface area (Å²) in [5, 5.41) is 5.39. The summed E-state index contributed by atoms with van der Waals surface area (Å²) in [5.74, 6) is 1.58.